The third-order valence-corrected chi connectivity index (χ3v) is 4.92. The van der Waals surface area contributed by atoms with E-state index in [1.807, 2.05) is 0 Å². The van der Waals surface area contributed by atoms with E-state index in [1.165, 1.54) is 19.1 Å². The predicted octanol–water partition coefficient (Wildman–Crippen LogP) is 0.952. The summed E-state index contributed by atoms with van der Waals surface area (Å²) in [6, 6.07) is 4.09. The Balaban J connectivity index is 2.26. The summed E-state index contributed by atoms with van der Waals surface area (Å²) in [4.78, 5) is 9.88. The van der Waals surface area contributed by atoms with Crippen LogP contribution in [0.1, 0.15) is 18.4 Å². The van der Waals surface area contributed by atoms with Crippen molar-refractivity contribution < 1.29 is 18.4 Å². The molecule has 1 aliphatic carbocycles. The van der Waals surface area contributed by atoms with Gasteiger partial charge in [0.25, 0.3) is 5.69 Å². The zero-order chi connectivity index (χ0) is 14.9. The molecule has 0 amide bonds. The third-order valence-electron chi connectivity index (χ3n) is 3.31. The number of nitro groups is 1. The van der Waals surface area contributed by atoms with E-state index in [1.54, 1.807) is 0 Å². The molecule has 2 rings (SSSR count). The average molecular weight is 300 g/mol. The molecule has 1 fully saturated rings. The molecule has 20 heavy (non-hydrogen) atoms. The minimum absolute atomic E-state index is 0.126. The first kappa shape index (κ1) is 14.9. The fourth-order valence-electron chi connectivity index (χ4n) is 2.05. The van der Waals surface area contributed by atoms with Gasteiger partial charge in [0, 0.05) is 12.6 Å². The number of benzene rings is 1. The molecule has 1 aromatic carbocycles. The topological polar surface area (TPSA) is 110 Å². The number of sulfonamides is 1. The molecule has 1 saturated carbocycles. The van der Waals surface area contributed by atoms with E-state index in [0.717, 1.165) is 18.9 Å². The number of nitro benzene ring substituents is 1. The number of rotatable bonds is 6. The highest BCUT2D eigenvalue weighted by Crippen LogP contribution is 2.32. The second-order valence-electron chi connectivity index (χ2n) is 4.94. The van der Waals surface area contributed by atoms with Gasteiger partial charge in [0.05, 0.1) is 11.0 Å². The molecule has 0 aliphatic heterocycles. The summed E-state index contributed by atoms with van der Waals surface area (Å²) in [7, 11) is -4.02. The quantitative estimate of drug-likeness (QED) is 0.600. The molecule has 0 spiro atoms. The predicted molar refractivity (Wildman–Crippen MR) is 71.8 cm³/mol. The number of nitrogens with zero attached hydrogens (tertiary/aromatic N) is 1. The van der Waals surface area contributed by atoms with Gasteiger partial charge in [0.15, 0.2) is 4.90 Å². The molecule has 0 saturated heterocycles. The van der Waals surface area contributed by atoms with Crippen LogP contribution >= 0.6 is 0 Å². The Labute approximate surface area is 116 Å². The van der Waals surface area contributed by atoms with Crippen molar-refractivity contribution in [3.8, 4) is 0 Å². The Morgan fingerprint density at radius 2 is 2.15 bits per heavy atom. The van der Waals surface area contributed by atoms with Gasteiger partial charge in [0.2, 0.25) is 10.0 Å². The van der Waals surface area contributed by atoms with Crippen LogP contribution in [-0.4, -0.2) is 31.1 Å². The molecule has 1 atom stereocenters. The van der Waals surface area contributed by atoms with Crippen molar-refractivity contribution in [1.29, 1.82) is 0 Å². The van der Waals surface area contributed by atoms with Gasteiger partial charge in [-0.1, -0.05) is 12.1 Å². The Morgan fingerprint density at radius 3 is 2.70 bits per heavy atom. The second-order valence-corrected chi connectivity index (χ2v) is 6.64. The number of aliphatic hydroxyl groups excluding tert-OH is 1. The summed E-state index contributed by atoms with van der Waals surface area (Å²) >= 11 is 0. The summed E-state index contributed by atoms with van der Waals surface area (Å²) in [5, 5.41) is 20.6. The van der Waals surface area contributed by atoms with Crippen LogP contribution in [0.4, 0.5) is 5.69 Å². The minimum atomic E-state index is -4.02. The molecule has 2 N–H and O–H groups in total. The van der Waals surface area contributed by atoms with E-state index >= 15 is 0 Å². The molecule has 0 heterocycles. The smallest absolute Gasteiger partial charge is 0.289 e. The number of aryl methyl sites for hydroxylation is 1. The standard InChI is InChI=1S/C12H16N2O5S/c1-8-3-2-4-10(14(16)17)12(8)20(18,19)13-7-11(15)9-5-6-9/h2-4,9,11,13,15H,5-7H2,1H3. The molecular formula is C12H16N2O5S. The van der Waals surface area contributed by atoms with Crippen LogP contribution in [-0.2, 0) is 10.0 Å². The van der Waals surface area contributed by atoms with Crippen LogP contribution in [0.3, 0.4) is 0 Å². The van der Waals surface area contributed by atoms with E-state index in [4.69, 9.17) is 0 Å². The zero-order valence-corrected chi connectivity index (χ0v) is 11.8. The van der Waals surface area contributed by atoms with E-state index < -0.39 is 26.7 Å². The Bertz CT molecular complexity index is 625. The van der Waals surface area contributed by atoms with Gasteiger partial charge in [-0.15, -0.1) is 0 Å². The van der Waals surface area contributed by atoms with Crippen LogP contribution in [0.5, 0.6) is 0 Å². The fourth-order valence-corrected chi connectivity index (χ4v) is 3.49. The van der Waals surface area contributed by atoms with Gasteiger partial charge >= 0.3 is 0 Å². The minimum Gasteiger partial charge on any atom is -0.391 e. The van der Waals surface area contributed by atoms with Crippen molar-refractivity contribution in [3.05, 3.63) is 33.9 Å². The van der Waals surface area contributed by atoms with E-state index in [0.29, 0.717) is 5.56 Å². The fraction of sp³-hybridized carbons (Fsp3) is 0.500. The molecule has 0 bridgehead atoms. The van der Waals surface area contributed by atoms with Gasteiger partial charge < -0.3 is 5.11 Å². The maximum atomic E-state index is 12.2. The first-order chi connectivity index (χ1) is 9.33. The summed E-state index contributed by atoms with van der Waals surface area (Å²) in [5.41, 5.74) is -0.161. The van der Waals surface area contributed by atoms with Crippen molar-refractivity contribution in [2.75, 3.05) is 6.54 Å². The van der Waals surface area contributed by atoms with Crippen molar-refractivity contribution in [2.45, 2.75) is 30.8 Å². The SMILES string of the molecule is Cc1cccc([N+](=O)[O-])c1S(=O)(=O)NCC(O)C1CC1. The molecule has 0 radical (unpaired) electrons. The van der Waals surface area contributed by atoms with Gasteiger partial charge in [0.1, 0.15) is 0 Å². The molecule has 1 unspecified atom stereocenters. The maximum Gasteiger partial charge on any atom is 0.289 e. The highest BCUT2D eigenvalue weighted by molar-refractivity contribution is 7.89. The van der Waals surface area contributed by atoms with Crippen LogP contribution in [0.15, 0.2) is 23.1 Å². The highest BCUT2D eigenvalue weighted by atomic mass is 32.2. The molecule has 1 aromatic rings. The van der Waals surface area contributed by atoms with E-state index in [-0.39, 0.29) is 17.4 Å². The van der Waals surface area contributed by atoms with E-state index in [9.17, 15) is 23.6 Å². The van der Waals surface area contributed by atoms with Crippen LogP contribution in [0.2, 0.25) is 0 Å². The first-order valence-corrected chi connectivity index (χ1v) is 7.73. The number of hydrogen-bond donors (Lipinski definition) is 2. The van der Waals surface area contributed by atoms with Crippen molar-refractivity contribution in [2.24, 2.45) is 5.92 Å². The van der Waals surface area contributed by atoms with E-state index in [2.05, 4.69) is 4.72 Å². The molecule has 0 aromatic heterocycles. The lowest BCUT2D eigenvalue weighted by Crippen LogP contribution is -2.33. The van der Waals surface area contributed by atoms with Crippen molar-refractivity contribution in [1.82, 2.24) is 4.72 Å². The lowest BCUT2D eigenvalue weighted by molar-refractivity contribution is -0.387. The van der Waals surface area contributed by atoms with Crippen LogP contribution < -0.4 is 4.72 Å². The number of nitrogens with one attached hydrogen (secondary N) is 1. The first-order valence-electron chi connectivity index (χ1n) is 6.24. The molecular weight excluding hydrogens is 284 g/mol. The monoisotopic (exact) mass is 300 g/mol. The Kier molecular flexibility index (Phi) is 4.07. The van der Waals surface area contributed by atoms with Gasteiger partial charge in [-0.3, -0.25) is 10.1 Å². The Hall–Kier alpha value is -1.51. The summed E-state index contributed by atoms with van der Waals surface area (Å²) in [6.45, 7) is 1.37. The average Bonchev–Trinajstić information content (AvgIpc) is 3.19. The van der Waals surface area contributed by atoms with Gasteiger partial charge in [-0.2, -0.15) is 0 Å². The lowest BCUT2D eigenvalue weighted by atomic mass is 10.2. The third kappa shape index (κ3) is 3.14. The molecule has 8 heteroatoms. The lowest BCUT2D eigenvalue weighted by Gasteiger charge is -2.12. The zero-order valence-electron chi connectivity index (χ0n) is 10.9. The maximum absolute atomic E-state index is 12.2. The molecule has 7 nitrogen and oxygen atoms in total. The summed E-state index contributed by atoms with van der Waals surface area (Å²) in [5.74, 6) is 0.129. The van der Waals surface area contributed by atoms with Crippen molar-refractivity contribution in [3.63, 3.8) is 0 Å². The molecule has 1 aliphatic rings. The van der Waals surface area contributed by atoms with Crippen molar-refractivity contribution >= 4 is 15.7 Å². The normalized spacial score (nSPS) is 16.9. The van der Waals surface area contributed by atoms with Crippen LogP contribution in [0, 0.1) is 23.0 Å². The highest BCUT2D eigenvalue weighted by Gasteiger charge is 2.32. The Morgan fingerprint density at radius 1 is 1.50 bits per heavy atom. The number of aliphatic hydroxyl groups is 1. The largest absolute Gasteiger partial charge is 0.391 e. The molecule has 110 valence electrons. The van der Waals surface area contributed by atoms with Gasteiger partial charge in [-0.05, 0) is 31.2 Å². The van der Waals surface area contributed by atoms with Crippen LogP contribution in [0.25, 0.3) is 0 Å². The second kappa shape index (κ2) is 5.47. The number of hydrogen-bond acceptors (Lipinski definition) is 5. The summed E-state index contributed by atoms with van der Waals surface area (Å²) in [6.07, 6.45) is 1.02. The summed E-state index contributed by atoms with van der Waals surface area (Å²) < 4.78 is 26.6. The van der Waals surface area contributed by atoms with Gasteiger partial charge in [-0.25, -0.2) is 13.1 Å².